The summed E-state index contributed by atoms with van der Waals surface area (Å²) in [6.07, 6.45) is 1.86. The van der Waals surface area contributed by atoms with Crippen molar-refractivity contribution in [2.75, 3.05) is 33.3 Å². The van der Waals surface area contributed by atoms with Crippen LogP contribution in [0.5, 0.6) is 5.75 Å². The first-order valence-electron chi connectivity index (χ1n) is 7.91. The normalized spacial score (nSPS) is 16.4. The van der Waals surface area contributed by atoms with Crippen molar-refractivity contribution in [1.29, 1.82) is 0 Å². The highest BCUT2D eigenvalue weighted by molar-refractivity contribution is 6.30. The Morgan fingerprint density at radius 3 is 2.43 bits per heavy atom. The zero-order chi connectivity index (χ0) is 16.1. The van der Waals surface area contributed by atoms with E-state index in [4.69, 9.17) is 16.3 Å². The summed E-state index contributed by atoms with van der Waals surface area (Å²) in [6.45, 7) is 6.00. The van der Waals surface area contributed by atoms with Gasteiger partial charge in [0, 0.05) is 56.1 Å². The predicted molar refractivity (Wildman–Crippen MR) is 92.8 cm³/mol. The van der Waals surface area contributed by atoms with E-state index in [1.807, 2.05) is 36.5 Å². The lowest BCUT2D eigenvalue weighted by atomic mass is 10.1. The van der Waals surface area contributed by atoms with Crippen LogP contribution in [0.4, 0.5) is 0 Å². The van der Waals surface area contributed by atoms with Gasteiger partial charge in [-0.2, -0.15) is 0 Å². The van der Waals surface area contributed by atoms with E-state index in [0.29, 0.717) is 0 Å². The summed E-state index contributed by atoms with van der Waals surface area (Å²) >= 11 is 6.12. The van der Waals surface area contributed by atoms with E-state index in [1.54, 1.807) is 7.11 Å². The van der Waals surface area contributed by atoms with Crippen LogP contribution in [0, 0.1) is 0 Å². The van der Waals surface area contributed by atoms with Gasteiger partial charge >= 0.3 is 0 Å². The van der Waals surface area contributed by atoms with Gasteiger partial charge in [-0.1, -0.05) is 17.7 Å². The zero-order valence-electron chi connectivity index (χ0n) is 13.4. The van der Waals surface area contributed by atoms with Crippen molar-refractivity contribution >= 4 is 11.6 Å². The number of pyridine rings is 1. The van der Waals surface area contributed by atoms with Crippen LogP contribution in [0.3, 0.4) is 0 Å². The third kappa shape index (κ3) is 4.44. The van der Waals surface area contributed by atoms with Gasteiger partial charge in [-0.05, 0) is 30.3 Å². The minimum atomic E-state index is 0.759. The number of benzene rings is 1. The Labute approximate surface area is 142 Å². The third-order valence-corrected chi connectivity index (χ3v) is 4.45. The van der Waals surface area contributed by atoms with Crippen LogP contribution in [0.15, 0.2) is 42.6 Å². The molecule has 0 radical (unpaired) electrons. The van der Waals surface area contributed by atoms with E-state index in [0.717, 1.165) is 61.3 Å². The second-order valence-corrected chi connectivity index (χ2v) is 6.27. The minimum Gasteiger partial charge on any atom is -0.496 e. The van der Waals surface area contributed by atoms with Crippen molar-refractivity contribution in [2.24, 2.45) is 0 Å². The van der Waals surface area contributed by atoms with Gasteiger partial charge in [-0.15, -0.1) is 0 Å². The van der Waals surface area contributed by atoms with Crippen LogP contribution < -0.4 is 4.74 Å². The number of halogens is 1. The largest absolute Gasteiger partial charge is 0.496 e. The number of nitrogens with zero attached hydrogens (tertiary/aromatic N) is 3. The van der Waals surface area contributed by atoms with Gasteiger partial charge in [-0.3, -0.25) is 14.8 Å². The van der Waals surface area contributed by atoms with Crippen molar-refractivity contribution in [3.63, 3.8) is 0 Å². The topological polar surface area (TPSA) is 28.6 Å². The van der Waals surface area contributed by atoms with Crippen LogP contribution in [-0.2, 0) is 13.1 Å². The maximum atomic E-state index is 6.12. The molecule has 1 aliphatic rings. The fourth-order valence-corrected chi connectivity index (χ4v) is 3.13. The molecule has 0 unspecified atom stereocenters. The number of hydrogen-bond acceptors (Lipinski definition) is 4. The molecule has 0 spiro atoms. The monoisotopic (exact) mass is 331 g/mol. The van der Waals surface area contributed by atoms with Crippen LogP contribution >= 0.6 is 11.6 Å². The van der Waals surface area contributed by atoms with Crippen LogP contribution in [0.1, 0.15) is 11.3 Å². The van der Waals surface area contributed by atoms with E-state index in [2.05, 4.69) is 20.9 Å². The Morgan fingerprint density at radius 2 is 1.78 bits per heavy atom. The molecule has 2 aromatic rings. The molecule has 1 aliphatic heterocycles. The SMILES string of the molecule is COc1ccc(Cl)cc1CN1CCN(Cc2ccccn2)CC1. The van der Waals surface area contributed by atoms with Gasteiger partial charge in [0.25, 0.3) is 0 Å². The second-order valence-electron chi connectivity index (χ2n) is 5.83. The number of hydrogen-bond donors (Lipinski definition) is 0. The van der Waals surface area contributed by atoms with Crippen LogP contribution in [-0.4, -0.2) is 48.1 Å². The summed E-state index contributed by atoms with van der Waals surface area (Å²) in [7, 11) is 1.71. The summed E-state index contributed by atoms with van der Waals surface area (Å²) in [4.78, 5) is 9.31. The van der Waals surface area contributed by atoms with Crippen molar-refractivity contribution < 1.29 is 4.74 Å². The quantitative estimate of drug-likeness (QED) is 0.842. The molecule has 1 aromatic carbocycles. The number of aromatic nitrogens is 1. The standard InChI is InChI=1S/C18H22ClN3O/c1-23-18-6-5-16(19)12-15(18)13-21-8-10-22(11-9-21)14-17-4-2-3-7-20-17/h2-7,12H,8-11,13-14H2,1H3. The Kier molecular flexibility index (Phi) is 5.49. The minimum absolute atomic E-state index is 0.759. The predicted octanol–water partition coefficient (Wildman–Crippen LogP) is 3.06. The molecule has 0 N–H and O–H groups in total. The molecule has 0 saturated carbocycles. The van der Waals surface area contributed by atoms with Crippen molar-refractivity contribution in [1.82, 2.24) is 14.8 Å². The molecule has 5 heteroatoms. The van der Waals surface area contributed by atoms with Crippen LogP contribution in [0.2, 0.25) is 5.02 Å². The first-order chi connectivity index (χ1) is 11.2. The summed E-state index contributed by atoms with van der Waals surface area (Å²) in [5, 5.41) is 0.759. The Bertz CT molecular complexity index is 627. The van der Waals surface area contributed by atoms with Gasteiger partial charge in [-0.25, -0.2) is 0 Å². The van der Waals surface area contributed by atoms with E-state index in [-0.39, 0.29) is 0 Å². The maximum Gasteiger partial charge on any atom is 0.123 e. The molecule has 122 valence electrons. The van der Waals surface area contributed by atoms with Crippen molar-refractivity contribution in [2.45, 2.75) is 13.1 Å². The molecule has 23 heavy (non-hydrogen) atoms. The molecule has 1 aromatic heterocycles. The lowest BCUT2D eigenvalue weighted by molar-refractivity contribution is 0.120. The molecule has 2 heterocycles. The summed E-state index contributed by atoms with van der Waals surface area (Å²) in [6, 6.07) is 11.9. The molecule has 1 fully saturated rings. The Balaban J connectivity index is 1.54. The molecule has 0 aliphatic carbocycles. The first-order valence-corrected chi connectivity index (χ1v) is 8.29. The van der Waals surface area contributed by atoms with E-state index in [1.165, 1.54) is 0 Å². The number of piperazine rings is 1. The van der Waals surface area contributed by atoms with Gasteiger partial charge in [0.15, 0.2) is 0 Å². The van der Waals surface area contributed by atoms with Gasteiger partial charge in [0.1, 0.15) is 5.75 Å². The number of methoxy groups -OCH3 is 1. The Morgan fingerprint density at radius 1 is 1.04 bits per heavy atom. The molecular formula is C18H22ClN3O. The maximum absolute atomic E-state index is 6.12. The molecular weight excluding hydrogens is 310 g/mol. The second kappa shape index (κ2) is 7.77. The fraction of sp³-hybridized carbons (Fsp3) is 0.389. The summed E-state index contributed by atoms with van der Waals surface area (Å²) in [5.41, 5.74) is 2.29. The third-order valence-electron chi connectivity index (χ3n) is 4.21. The van der Waals surface area contributed by atoms with E-state index >= 15 is 0 Å². The molecule has 1 saturated heterocycles. The fourth-order valence-electron chi connectivity index (χ4n) is 2.94. The zero-order valence-corrected chi connectivity index (χ0v) is 14.2. The molecule has 3 rings (SSSR count). The van der Waals surface area contributed by atoms with E-state index < -0.39 is 0 Å². The van der Waals surface area contributed by atoms with Gasteiger partial charge in [0.05, 0.1) is 12.8 Å². The lowest BCUT2D eigenvalue weighted by Crippen LogP contribution is -2.45. The van der Waals surface area contributed by atoms with Crippen LogP contribution in [0.25, 0.3) is 0 Å². The highest BCUT2D eigenvalue weighted by Gasteiger charge is 2.18. The molecule has 0 bridgehead atoms. The van der Waals surface area contributed by atoms with Gasteiger partial charge in [0.2, 0.25) is 0 Å². The highest BCUT2D eigenvalue weighted by Crippen LogP contribution is 2.24. The number of ether oxygens (including phenoxy) is 1. The Hall–Kier alpha value is -1.62. The average Bonchev–Trinajstić information content (AvgIpc) is 2.58. The number of rotatable bonds is 5. The van der Waals surface area contributed by atoms with Crippen molar-refractivity contribution in [3.8, 4) is 5.75 Å². The highest BCUT2D eigenvalue weighted by atomic mass is 35.5. The smallest absolute Gasteiger partial charge is 0.123 e. The molecule has 0 atom stereocenters. The summed E-state index contributed by atoms with van der Waals surface area (Å²) < 4.78 is 5.44. The summed E-state index contributed by atoms with van der Waals surface area (Å²) in [5.74, 6) is 0.908. The first kappa shape index (κ1) is 16.2. The lowest BCUT2D eigenvalue weighted by Gasteiger charge is -2.34. The molecule has 4 nitrogen and oxygen atoms in total. The van der Waals surface area contributed by atoms with E-state index in [9.17, 15) is 0 Å². The van der Waals surface area contributed by atoms with Gasteiger partial charge < -0.3 is 4.74 Å². The van der Waals surface area contributed by atoms with Crippen molar-refractivity contribution in [3.05, 3.63) is 58.9 Å². The molecule has 0 amide bonds. The average molecular weight is 332 g/mol.